The lowest BCUT2D eigenvalue weighted by atomic mass is 10.1. The predicted octanol–water partition coefficient (Wildman–Crippen LogP) is 1.85. The van der Waals surface area contributed by atoms with Crippen LogP contribution in [0.1, 0.15) is 29.8 Å². The third-order valence-corrected chi connectivity index (χ3v) is 4.24. The first-order chi connectivity index (χ1) is 13.0. The van der Waals surface area contributed by atoms with Gasteiger partial charge in [0.15, 0.2) is 0 Å². The number of carbonyl (C=O) groups excluding carboxylic acids is 1. The van der Waals surface area contributed by atoms with Crippen molar-refractivity contribution in [2.24, 2.45) is 0 Å². The molecule has 1 aliphatic heterocycles. The van der Waals surface area contributed by atoms with Crippen molar-refractivity contribution in [2.75, 3.05) is 25.6 Å². The van der Waals surface area contributed by atoms with Crippen LogP contribution < -0.4 is 15.6 Å². The van der Waals surface area contributed by atoms with Gasteiger partial charge in [-0.1, -0.05) is 12.1 Å². The number of benzene rings is 1. The molecule has 1 saturated heterocycles. The minimum Gasteiger partial charge on any atom is -0.481 e. The molecule has 0 bridgehead atoms. The van der Waals surface area contributed by atoms with E-state index in [4.69, 9.17) is 9.47 Å². The van der Waals surface area contributed by atoms with E-state index in [0.717, 1.165) is 25.2 Å². The monoisotopic (exact) mass is 371 g/mol. The van der Waals surface area contributed by atoms with E-state index in [0.29, 0.717) is 11.4 Å². The highest BCUT2D eigenvalue weighted by atomic mass is 16.5. The summed E-state index contributed by atoms with van der Waals surface area (Å²) in [6, 6.07) is 9.20. The molecule has 0 spiro atoms. The zero-order valence-corrected chi connectivity index (χ0v) is 15.8. The maximum Gasteiger partial charge on any atom is 0.269 e. The molecule has 1 aromatic carbocycles. The molecule has 0 aliphatic carbocycles. The van der Waals surface area contributed by atoms with Crippen molar-refractivity contribution in [3.63, 3.8) is 0 Å². The van der Waals surface area contributed by atoms with E-state index < -0.39 is 0 Å². The molecule has 8 heteroatoms. The number of aromatic nitrogens is 2. The summed E-state index contributed by atoms with van der Waals surface area (Å²) in [4.78, 5) is 22.7. The molecule has 2 atom stereocenters. The van der Waals surface area contributed by atoms with Gasteiger partial charge in [0.1, 0.15) is 0 Å². The lowest BCUT2D eigenvalue weighted by Crippen LogP contribution is -2.44. The average molecular weight is 371 g/mol. The van der Waals surface area contributed by atoms with Gasteiger partial charge in [0.05, 0.1) is 19.3 Å². The first kappa shape index (κ1) is 19.1. The first-order valence-corrected chi connectivity index (χ1v) is 8.93. The summed E-state index contributed by atoms with van der Waals surface area (Å²) >= 11 is 0. The van der Waals surface area contributed by atoms with Crippen molar-refractivity contribution in [3.8, 4) is 5.88 Å². The van der Waals surface area contributed by atoms with Crippen molar-refractivity contribution in [2.45, 2.75) is 32.6 Å². The third kappa shape index (κ3) is 5.38. The predicted molar refractivity (Wildman–Crippen MR) is 101 cm³/mol. The smallest absolute Gasteiger partial charge is 0.269 e. The lowest BCUT2D eigenvalue weighted by molar-refractivity contribution is -0.0704. The minimum absolute atomic E-state index is 0.240. The van der Waals surface area contributed by atoms with Gasteiger partial charge >= 0.3 is 0 Å². The molecule has 1 fully saturated rings. The van der Waals surface area contributed by atoms with Gasteiger partial charge in [0.25, 0.3) is 5.91 Å². The second-order valence-electron chi connectivity index (χ2n) is 6.65. The Morgan fingerprint density at radius 3 is 2.59 bits per heavy atom. The van der Waals surface area contributed by atoms with Gasteiger partial charge in [-0.3, -0.25) is 20.5 Å². The summed E-state index contributed by atoms with van der Waals surface area (Å²) in [5, 5.41) is 0. The third-order valence-electron chi connectivity index (χ3n) is 4.24. The van der Waals surface area contributed by atoms with Crippen molar-refractivity contribution in [3.05, 3.63) is 47.7 Å². The maximum absolute atomic E-state index is 12.3. The number of anilines is 1. The van der Waals surface area contributed by atoms with Crippen LogP contribution in [-0.2, 0) is 11.3 Å². The number of hydrogen-bond donors (Lipinski definition) is 2. The standard InChI is InChI=1S/C19H25N5O3/c1-13-10-24(11-14(2)27-13)12-15-4-6-16(7-5-15)18(25)22-23-19-20-9-8-17(21-19)26-3/h4-9,13-14H,10-12H2,1-3H3,(H,22,25)(H,20,21,23)/t13-,14-/m0/s1. The zero-order valence-electron chi connectivity index (χ0n) is 15.8. The highest BCUT2D eigenvalue weighted by Gasteiger charge is 2.22. The molecule has 1 aliphatic rings. The second kappa shape index (κ2) is 8.79. The summed E-state index contributed by atoms with van der Waals surface area (Å²) in [5.74, 6) is 0.411. The van der Waals surface area contributed by atoms with Crippen LogP contribution in [-0.4, -0.2) is 53.2 Å². The summed E-state index contributed by atoms with van der Waals surface area (Å²) in [5.41, 5.74) is 6.98. The molecule has 2 aromatic rings. The number of nitrogens with one attached hydrogen (secondary N) is 2. The number of methoxy groups -OCH3 is 1. The van der Waals surface area contributed by atoms with Gasteiger partial charge < -0.3 is 9.47 Å². The largest absolute Gasteiger partial charge is 0.481 e. The van der Waals surface area contributed by atoms with E-state index in [1.165, 1.54) is 7.11 Å². The van der Waals surface area contributed by atoms with Crippen molar-refractivity contribution in [1.82, 2.24) is 20.3 Å². The van der Waals surface area contributed by atoms with Crippen LogP contribution in [0, 0.1) is 0 Å². The van der Waals surface area contributed by atoms with E-state index in [-0.39, 0.29) is 24.1 Å². The number of nitrogens with zero attached hydrogens (tertiary/aromatic N) is 3. The van der Waals surface area contributed by atoms with E-state index in [1.54, 1.807) is 12.3 Å². The highest BCUT2D eigenvalue weighted by Crippen LogP contribution is 2.15. The fourth-order valence-corrected chi connectivity index (χ4v) is 3.13. The van der Waals surface area contributed by atoms with Crippen molar-refractivity contribution < 1.29 is 14.3 Å². The van der Waals surface area contributed by atoms with Gasteiger partial charge in [0.2, 0.25) is 11.8 Å². The van der Waals surface area contributed by atoms with E-state index in [2.05, 4.69) is 39.6 Å². The van der Waals surface area contributed by atoms with Crippen LogP contribution >= 0.6 is 0 Å². The summed E-state index contributed by atoms with van der Waals surface area (Å²) < 4.78 is 10.8. The van der Waals surface area contributed by atoms with Crippen LogP contribution in [0.5, 0.6) is 5.88 Å². The van der Waals surface area contributed by atoms with Gasteiger partial charge in [-0.15, -0.1) is 0 Å². The SMILES string of the molecule is COc1ccnc(NNC(=O)c2ccc(CN3C[C@H](C)O[C@@H](C)C3)cc2)n1. The minimum atomic E-state index is -0.262. The quantitative estimate of drug-likeness (QED) is 0.749. The molecule has 144 valence electrons. The lowest BCUT2D eigenvalue weighted by Gasteiger charge is -2.35. The Labute approximate surface area is 158 Å². The number of carbonyl (C=O) groups is 1. The van der Waals surface area contributed by atoms with Gasteiger partial charge in [-0.25, -0.2) is 4.98 Å². The highest BCUT2D eigenvalue weighted by molar-refractivity contribution is 5.94. The molecule has 0 unspecified atom stereocenters. The summed E-state index contributed by atoms with van der Waals surface area (Å²) in [6.07, 6.45) is 2.02. The Kier molecular flexibility index (Phi) is 6.20. The average Bonchev–Trinajstić information content (AvgIpc) is 2.66. The molecule has 0 radical (unpaired) electrons. The van der Waals surface area contributed by atoms with Crippen LogP contribution in [0.15, 0.2) is 36.5 Å². The van der Waals surface area contributed by atoms with Gasteiger partial charge in [-0.2, -0.15) is 4.98 Å². The molecule has 8 nitrogen and oxygen atoms in total. The molecular weight excluding hydrogens is 346 g/mol. The van der Waals surface area contributed by atoms with E-state index in [9.17, 15) is 4.79 Å². The second-order valence-corrected chi connectivity index (χ2v) is 6.65. The fraction of sp³-hybridized carbons (Fsp3) is 0.421. The number of hydrogen-bond acceptors (Lipinski definition) is 7. The number of amides is 1. The van der Waals surface area contributed by atoms with Gasteiger partial charge in [-0.05, 0) is 31.5 Å². The summed E-state index contributed by atoms with van der Waals surface area (Å²) in [6.45, 7) is 6.86. The molecule has 3 rings (SSSR count). The molecular formula is C19H25N5O3. The van der Waals surface area contributed by atoms with Crippen molar-refractivity contribution in [1.29, 1.82) is 0 Å². The fourth-order valence-electron chi connectivity index (χ4n) is 3.13. The summed E-state index contributed by atoms with van der Waals surface area (Å²) in [7, 11) is 1.52. The molecule has 2 N–H and O–H groups in total. The molecule has 1 aromatic heterocycles. The number of rotatable bonds is 6. The molecule has 2 heterocycles. The van der Waals surface area contributed by atoms with E-state index >= 15 is 0 Å². The van der Waals surface area contributed by atoms with Crippen LogP contribution in [0.3, 0.4) is 0 Å². The number of ether oxygens (including phenoxy) is 2. The first-order valence-electron chi connectivity index (χ1n) is 8.93. The van der Waals surface area contributed by atoms with Crippen LogP contribution in [0.4, 0.5) is 5.95 Å². The Bertz CT molecular complexity index is 758. The van der Waals surface area contributed by atoms with Crippen LogP contribution in [0.2, 0.25) is 0 Å². The molecule has 1 amide bonds. The zero-order chi connectivity index (χ0) is 19.2. The van der Waals surface area contributed by atoms with Crippen molar-refractivity contribution >= 4 is 11.9 Å². The van der Waals surface area contributed by atoms with E-state index in [1.807, 2.05) is 24.3 Å². The number of hydrazine groups is 1. The van der Waals surface area contributed by atoms with Crippen LogP contribution in [0.25, 0.3) is 0 Å². The van der Waals surface area contributed by atoms with Gasteiger partial charge in [0, 0.05) is 37.5 Å². The Morgan fingerprint density at radius 2 is 1.93 bits per heavy atom. The normalized spacial score (nSPS) is 20.1. The molecule has 27 heavy (non-hydrogen) atoms. The molecule has 0 saturated carbocycles. The Hall–Kier alpha value is -2.71. The Morgan fingerprint density at radius 1 is 1.22 bits per heavy atom. The number of morpholine rings is 1. The maximum atomic E-state index is 12.3. The Balaban J connectivity index is 1.54. The topological polar surface area (TPSA) is 88.6 Å².